The number of methoxy groups -OCH3 is 1. The zero-order valence-electron chi connectivity index (χ0n) is 19.3. The number of nitrogens with one attached hydrogen (secondary N) is 2. The fourth-order valence-electron chi connectivity index (χ4n) is 3.93. The number of rotatable bonds is 6. The van der Waals surface area contributed by atoms with Gasteiger partial charge in [-0.2, -0.15) is 0 Å². The molecule has 0 aliphatic carbocycles. The molecule has 0 atom stereocenters. The van der Waals surface area contributed by atoms with Crippen LogP contribution in [-0.2, 0) is 13.1 Å². The van der Waals surface area contributed by atoms with E-state index in [4.69, 9.17) is 4.74 Å². The number of amides is 2. The quantitative estimate of drug-likeness (QED) is 0.398. The number of aromatic amines is 1. The van der Waals surface area contributed by atoms with Gasteiger partial charge in [-0.05, 0) is 79.1 Å². The van der Waals surface area contributed by atoms with Gasteiger partial charge in [0.2, 0.25) is 0 Å². The van der Waals surface area contributed by atoms with Crippen molar-refractivity contribution in [2.45, 2.75) is 26.9 Å². The summed E-state index contributed by atoms with van der Waals surface area (Å²) in [6, 6.07) is 18.4. The minimum atomic E-state index is -0.400. The first-order valence-corrected chi connectivity index (χ1v) is 10.9. The molecule has 0 fully saturated rings. The third-order valence-electron chi connectivity index (χ3n) is 5.67. The molecule has 1 heterocycles. The van der Waals surface area contributed by atoms with Crippen molar-refractivity contribution in [3.05, 3.63) is 105 Å². The predicted molar refractivity (Wildman–Crippen MR) is 132 cm³/mol. The van der Waals surface area contributed by atoms with Crippen LogP contribution >= 0.6 is 0 Å². The number of benzene rings is 3. The van der Waals surface area contributed by atoms with Crippen LogP contribution in [0.3, 0.4) is 0 Å². The average molecular weight is 460 g/mol. The molecular weight excluding hydrogens is 433 g/mol. The Morgan fingerprint density at radius 1 is 1.00 bits per heavy atom. The maximum Gasteiger partial charge on any atom is 0.322 e. The van der Waals surface area contributed by atoms with Gasteiger partial charge in [0.1, 0.15) is 11.6 Å². The van der Waals surface area contributed by atoms with Crippen LogP contribution in [0.4, 0.5) is 14.9 Å². The van der Waals surface area contributed by atoms with Crippen LogP contribution in [-0.4, -0.2) is 23.0 Å². The number of halogens is 1. The molecular formula is C27H26FN3O3. The Hall–Kier alpha value is -4.13. The number of fused-ring (bicyclic) bond motifs is 1. The van der Waals surface area contributed by atoms with E-state index in [1.165, 1.54) is 24.3 Å². The number of H-pyrrole nitrogens is 1. The number of ether oxygens (including phenoxy) is 1. The van der Waals surface area contributed by atoms with E-state index in [1.807, 2.05) is 50.2 Å². The lowest BCUT2D eigenvalue weighted by Crippen LogP contribution is -2.35. The van der Waals surface area contributed by atoms with Gasteiger partial charge in [-0.1, -0.05) is 18.2 Å². The monoisotopic (exact) mass is 459 g/mol. The number of anilines is 1. The molecule has 0 saturated carbocycles. The van der Waals surface area contributed by atoms with E-state index in [2.05, 4.69) is 16.4 Å². The van der Waals surface area contributed by atoms with E-state index in [1.54, 1.807) is 12.0 Å². The van der Waals surface area contributed by atoms with Crippen molar-refractivity contribution in [2.75, 3.05) is 12.4 Å². The van der Waals surface area contributed by atoms with Gasteiger partial charge in [-0.15, -0.1) is 0 Å². The summed E-state index contributed by atoms with van der Waals surface area (Å²) in [6.45, 7) is 4.34. The van der Waals surface area contributed by atoms with Crippen molar-refractivity contribution in [3.8, 4) is 5.75 Å². The van der Waals surface area contributed by atoms with E-state index in [-0.39, 0.29) is 24.5 Å². The minimum Gasteiger partial charge on any atom is -0.497 e. The Bertz CT molecular complexity index is 1380. The van der Waals surface area contributed by atoms with Gasteiger partial charge in [-0.25, -0.2) is 9.18 Å². The summed E-state index contributed by atoms with van der Waals surface area (Å²) in [6.07, 6.45) is 0. The van der Waals surface area contributed by atoms with E-state index < -0.39 is 6.03 Å². The van der Waals surface area contributed by atoms with Gasteiger partial charge in [0.25, 0.3) is 5.56 Å². The van der Waals surface area contributed by atoms with Gasteiger partial charge in [0.05, 0.1) is 13.7 Å². The molecule has 4 aromatic rings. The highest BCUT2D eigenvalue weighted by atomic mass is 19.1. The third kappa shape index (κ3) is 5.26. The Morgan fingerprint density at radius 2 is 1.71 bits per heavy atom. The molecule has 6 nitrogen and oxygen atoms in total. The molecule has 0 radical (unpaired) electrons. The topological polar surface area (TPSA) is 74.4 Å². The van der Waals surface area contributed by atoms with Gasteiger partial charge in [0.15, 0.2) is 0 Å². The molecule has 174 valence electrons. The number of hydrogen-bond acceptors (Lipinski definition) is 3. The fourth-order valence-corrected chi connectivity index (χ4v) is 3.93. The van der Waals surface area contributed by atoms with E-state index in [0.29, 0.717) is 17.0 Å². The standard InChI is InChI=1S/C27H26FN3O3/c1-17-12-18(2)24-14-20(26(32)30-25(24)13-17)16-31(15-19-4-10-23(34-3)11-5-19)27(33)29-22-8-6-21(28)7-9-22/h4-14H,15-16H2,1-3H3,(H,29,33)(H,30,32). The van der Waals surface area contributed by atoms with E-state index in [9.17, 15) is 14.0 Å². The molecule has 1 aromatic heterocycles. The lowest BCUT2D eigenvalue weighted by molar-refractivity contribution is 0.206. The minimum absolute atomic E-state index is 0.0949. The molecule has 0 unspecified atom stereocenters. The van der Waals surface area contributed by atoms with E-state index >= 15 is 0 Å². The first kappa shape index (κ1) is 23.0. The number of nitrogens with zero attached hydrogens (tertiary/aromatic N) is 1. The second-order valence-electron chi connectivity index (χ2n) is 8.31. The summed E-state index contributed by atoms with van der Waals surface area (Å²) in [5.74, 6) is 0.323. The van der Waals surface area contributed by atoms with Gasteiger partial charge in [-0.3, -0.25) is 4.79 Å². The maximum atomic E-state index is 13.3. The summed E-state index contributed by atoms with van der Waals surface area (Å²) < 4.78 is 18.5. The maximum absolute atomic E-state index is 13.3. The number of carbonyl (C=O) groups is 1. The molecule has 0 spiro atoms. The second-order valence-corrected chi connectivity index (χ2v) is 8.31. The Balaban J connectivity index is 1.66. The molecule has 0 saturated heterocycles. The highest BCUT2D eigenvalue weighted by molar-refractivity contribution is 5.89. The Morgan fingerprint density at radius 3 is 2.38 bits per heavy atom. The van der Waals surface area contributed by atoms with Crippen LogP contribution in [0.5, 0.6) is 5.75 Å². The zero-order valence-corrected chi connectivity index (χ0v) is 19.3. The molecule has 0 bridgehead atoms. The van der Waals surface area contributed by atoms with Gasteiger partial charge >= 0.3 is 6.03 Å². The number of hydrogen-bond donors (Lipinski definition) is 2. The van der Waals surface area contributed by atoms with Crippen molar-refractivity contribution in [1.82, 2.24) is 9.88 Å². The van der Waals surface area contributed by atoms with Crippen LogP contribution in [0.2, 0.25) is 0 Å². The van der Waals surface area contributed by atoms with Crippen molar-refractivity contribution in [2.24, 2.45) is 0 Å². The third-order valence-corrected chi connectivity index (χ3v) is 5.67. The van der Waals surface area contributed by atoms with Gasteiger partial charge in [0, 0.05) is 28.7 Å². The molecule has 0 aliphatic heterocycles. The van der Waals surface area contributed by atoms with Gasteiger partial charge < -0.3 is 19.9 Å². The largest absolute Gasteiger partial charge is 0.497 e. The van der Waals surface area contributed by atoms with E-state index in [0.717, 1.165) is 27.6 Å². The number of carbonyl (C=O) groups excluding carboxylic acids is 1. The predicted octanol–water partition coefficient (Wildman–Crippen LogP) is 5.53. The smallest absolute Gasteiger partial charge is 0.322 e. The normalized spacial score (nSPS) is 10.8. The van der Waals surface area contributed by atoms with Crippen LogP contribution in [0, 0.1) is 19.7 Å². The second kappa shape index (κ2) is 9.79. The summed E-state index contributed by atoms with van der Waals surface area (Å²) in [7, 11) is 1.59. The van der Waals surface area contributed by atoms with Crippen molar-refractivity contribution in [3.63, 3.8) is 0 Å². The Kier molecular flexibility index (Phi) is 6.63. The first-order chi connectivity index (χ1) is 16.3. The summed E-state index contributed by atoms with van der Waals surface area (Å²) in [4.78, 5) is 30.6. The Labute approximate surface area is 197 Å². The molecule has 0 aliphatic rings. The summed E-state index contributed by atoms with van der Waals surface area (Å²) in [5, 5.41) is 3.72. The number of pyridine rings is 1. The highest BCUT2D eigenvalue weighted by Crippen LogP contribution is 2.20. The SMILES string of the molecule is COc1ccc(CN(Cc2cc3c(C)cc(C)cc3[nH]c2=O)C(=O)Nc2ccc(F)cc2)cc1. The molecule has 7 heteroatoms. The molecule has 2 N–H and O–H groups in total. The molecule has 34 heavy (non-hydrogen) atoms. The number of aromatic nitrogens is 1. The molecule has 3 aromatic carbocycles. The first-order valence-electron chi connectivity index (χ1n) is 10.9. The van der Waals surface area contributed by atoms with Crippen molar-refractivity contribution >= 4 is 22.6 Å². The van der Waals surface area contributed by atoms with Crippen LogP contribution in [0.15, 0.2) is 71.5 Å². The van der Waals surface area contributed by atoms with Crippen LogP contribution in [0.1, 0.15) is 22.3 Å². The highest BCUT2D eigenvalue weighted by Gasteiger charge is 2.18. The molecule has 2 amide bonds. The zero-order chi connectivity index (χ0) is 24.2. The summed E-state index contributed by atoms with van der Waals surface area (Å²) >= 11 is 0. The average Bonchev–Trinajstić information content (AvgIpc) is 2.81. The number of urea groups is 1. The summed E-state index contributed by atoms with van der Waals surface area (Å²) in [5.41, 5.74) is 4.44. The molecule has 4 rings (SSSR count). The lowest BCUT2D eigenvalue weighted by atomic mass is 10.0. The van der Waals surface area contributed by atoms with Crippen LogP contribution in [0.25, 0.3) is 10.9 Å². The fraction of sp³-hybridized carbons (Fsp3) is 0.185. The lowest BCUT2D eigenvalue weighted by Gasteiger charge is -2.23. The number of aryl methyl sites for hydroxylation is 2. The van der Waals surface area contributed by atoms with Crippen LogP contribution < -0.4 is 15.6 Å². The van der Waals surface area contributed by atoms with Crippen molar-refractivity contribution < 1.29 is 13.9 Å². The van der Waals surface area contributed by atoms with Crippen molar-refractivity contribution in [1.29, 1.82) is 0 Å².